The molecule has 0 aromatic carbocycles. The molecule has 0 unspecified atom stereocenters. The third-order valence-electron chi connectivity index (χ3n) is 4.42. The van der Waals surface area contributed by atoms with Gasteiger partial charge in [0, 0.05) is 11.9 Å². The van der Waals surface area contributed by atoms with Crippen molar-refractivity contribution in [2.45, 2.75) is 79.3 Å². The van der Waals surface area contributed by atoms with Crippen molar-refractivity contribution in [1.29, 1.82) is 0 Å². The van der Waals surface area contributed by atoms with Crippen molar-refractivity contribution in [2.75, 3.05) is 6.61 Å². The zero-order valence-corrected chi connectivity index (χ0v) is 15.4. The average molecular weight is 310 g/mol. The molecule has 0 aromatic rings. The van der Waals surface area contributed by atoms with Crippen molar-refractivity contribution in [1.82, 2.24) is 0 Å². The second kappa shape index (κ2) is 7.18. The van der Waals surface area contributed by atoms with Crippen LogP contribution in [0.3, 0.4) is 0 Å². The number of rotatable bonds is 6. The number of ether oxygens (including phenoxy) is 1. The molecule has 5 heteroatoms. The van der Waals surface area contributed by atoms with E-state index in [2.05, 4.69) is 13.8 Å². The minimum atomic E-state index is -0.411. The molecular weight excluding hydrogens is 279 g/mol. The molecule has 22 heavy (non-hydrogen) atoms. The number of carbonyl (C=O) groups excluding carboxylic acids is 1. The lowest BCUT2D eigenvalue weighted by Crippen LogP contribution is -2.41. The van der Waals surface area contributed by atoms with Gasteiger partial charge in [-0.25, -0.2) is 4.79 Å². The molecule has 0 spiro atoms. The van der Waals surface area contributed by atoms with E-state index in [1.807, 2.05) is 41.5 Å². The van der Waals surface area contributed by atoms with Crippen LogP contribution in [0.2, 0.25) is 6.32 Å². The van der Waals surface area contributed by atoms with Gasteiger partial charge in [0.2, 0.25) is 0 Å². The minimum Gasteiger partial charge on any atom is -0.463 e. The van der Waals surface area contributed by atoms with E-state index in [-0.39, 0.29) is 17.2 Å². The fourth-order valence-electron chi connectivity index (χ4n) is 2.60. The fourth-order valence-corrected chi connectivity index (χ4v) is 2.60. The Morgan fingerprint density at radius 1 is 1.14 bits per heavy atom. The Labute approximate surface area is 135 Å². The van der Waals surface area contributed by atoms with Crippen LogP contribution in [0, 0.1) is 5.92 Å². The number of hydrogen-bond acceptors (Lipinski definition) is 4. The Hall–Kier alpha value is -0.805. The van der Waals surface area contributed by atoms with Gasteiger partial charge in [-0.15, -0.1) is 0 Å². The summed E-state index contributed by atoms with van der Waals surface area (Å²) < 4.78 is 17.2. The molecule has 1 heterocycles. The monoisotopic (exact) mass is 310 g/mol. The molecule has 0 N–H and O–H groups in total. The first-order valence-electron chi connectivity index (χ1n) is 8.21. The Morgan fingerprint density at radius 2 is 1.64 bits per heavy atom. The summed E-state index contributed by atoms with van der Waals surface area (Å²) in [5, 5.41) is 0. The van der Waals surface area contributed by atoms with E-state index >= 15 is 0 Å². The van der Waals surface area contributed by atoms with E-state index in [4.69, 9.17) is 14.0 Å². The second-order valence-electron chi connectivity index (χ2n) is 7.47. The molecular formula is C17H31BO4. The highest BCUT2D eigenvalue weighted by Gasteiger charge is 2.51. The number of hydrogen-bond donors (Lipinski definition) is 0. The molecule has 0 atom stereocenters. The predicted octanol–water partition coefficient (Wildman–Crippen LogP) is 4.00. The molecule has 1 saturated heterocycles. The topological polar surface area (TPSA) is 44.8 Å². The van der Waals surface area contributed by atoms with Crippen LogP contribution in [0.15, 0.2) is 11.1 Å². The molecule has 0 amide bonds. The SMILES string of the molecule is CCOC(=O)/C(CB1OC(C)(C)C(C)(C)O1)=C(\C)CC(C)C. The van der Waals surface area contributed by atoms with Crippen LogP contribution in [-0.2, 0) is 18.8 Å². The minimum absolute atomic E-state index is 0.254. The first kappa shape index (κ1) is 19.2. The van der Waals surface area contributed by atoms with Crippen LogP contribution < -0.4 is 0 Å². The van der Waals surface area contributed by atoms with Crippen molar-refractivity contribution in [3.8, 4) is 0 Å². The standard InChI is InChI=1S/C17H31BO4/c1-9-20-15(19)14(13(4)10-12(2)3)11-18-21-16(5,6)17(7,8)22-18/h12H,9-11H2,1-8H3/b14-13+. The van der Waals surface area contributed by atoms with Gasteiger partial charge < -0.3 is 14.0 Å². The molecule has 1 rings (SSSR count). The number of esters is 1. The Kier molecular flexibility index (Phi) is 6.28. The first-order chi connectivity index (χ1) is 10.00. The molecule has 4 nitrogen and oxygen atoms in total. The Bertz CT molecular complexity index is 422. The molecule has 1 aliphatic heterocycles. The lowest BCUT2D eigenvalue weighted by Gasteiger charge is -2.32. The number of carbonyl (C=O) groups is 1. The van der Waals surface area contributed by atoms with Gasteiger partial charge in [-0.2, -0.15) is 0 Å². The van der Waals surface area contributed by atoms with Crippen LogP contribution in [0.5, 0.6) is 0 Å². The molecule has 0 aromatic heterocycles. The van der Waals surface area contributed by atoms with Crippen molar-refractivity contribution < 1.29 is 18.8 Å². The van der Waals surface area contributed by atoms with E-state index in [1.165, 1.54) is 0 Å². The smallest absolute Gasteiger partial charge is 0.462 e. The number of allylic oxidation sites excluding steroid dienone is 1. The highest BCUT2D eigenvalue weighted by Crippen LogP contribution is 2.39. The van der Waals surface area contributed by atoms with Gasteiger partial charge in [0.05, 0.1) is 17.8 Å². The summed E-state index contributed by atoms with van der Waals surface area (Å²) in [7, 11) is -0.411. The molecule has 0 aliphatic carbocycles. The van der Waals surface area contributed by atoms with Gasteiger partial charge in [0.15, 0.2) is 0 Å². The summed E-state index contributed by atoms with van der Waals surface area (Å²) >= 11 is 0. The van der Waals surface area contributed by atoms with E-state index in [0.29, 0.717) is 24.4 Å². The van der Waals surface area contributed by atoms with Crippen LogP contribution in [0.25, 0.3) is 0 Å². The summed E-state index contributed by atoms with van der Waals surface area (Å²) in [6.07, 6.45) is 1.30. The zero-order valence-electron chi connectivity index (χ0n) is 15.4. The van der Waals surface area contributed by atoms with Crippen LogP contribution in [0.4, 0.5) is 0 Å². The van der Waals surface area contributed by atoms with Crippen LogP contribution in [0.1, 0.15) is 61.8 Å². The Balaban J connectivity index is 2.94. The van der Waals surface area contributed by atoms with Gasteiger partial charge in [0.1, 0.15) is 0 Å². The molecule has 126 valence electrons. The van der Waals surface area contributed by atoms with Gasteiger partial charge in [-0.3, -0.25) is 0 Å². The predicted molar refractivity (Wildman–Crippen MR) is 89.7 cm³/mol. The van der Waals surface area contributed by atoms with Gasteiger partial charge in [-0.05, 0) is 53.9 Å². The molecule has 0 bridgehead atoms. The summed E-state index contributed by atoms with van der Waals surface area (Å²) in [4.78, 5) is 12.3. The summed E-state index contributed by atoms with van der Waals surface area (Å²) in [6, 6.07) is 0. The highest BCUT2D eigenvalue weighted by molar-refractivity contribution is 6.47. The second-order valence-corrected chi connectivity index (χ2v) is 7.47. The highest BCUT2D eigenvalue weighted by atomic mass is 16.7. The summed E-state index contributed by atoms with van der Waals surface area (Å²) in [5.74, 6) is 0.234. The summed E-state index contributed by atoms with van der Waals surface area (Å²) in [5.41, 5.74) is 0.976. The maximum absolute atomic E-state index is 12.3. The largest absolute Gasteiger partial charge is 0.463 e. The lowest BCUT2D eigenvalue weighted by molar-refractivity contribution is -0.138. The van der Waals surface area contributed by atoms with E-state index in [0.717, 1.165) is 12.0 Å². The van der Waals surface area contributed by atoms with E-state index in [1.54, 1.807) is 0 Å². The molecule has 0 radical (unpaired) electrons. The third-order valence-corrected chi connectivity index (χ3v) is 4.42. The summed E-state index contributed by atoms with van der Waals surface area (Å²) in [6.45, 7) is 16.5. The van der Waals surface area contributed by atoms with Crippen LogP contribution >= 0.6 is 0 Å². The van der Waals surface area contributed by atoms with Crippen LogP contribution in [-0.4, -0.2) is 30.9 Å². The fraction of sp³-hybridized carbons (Fsp3) is 0.824. The lowest BCUT2D eigenvalue weighted by atomic mass is 9.78. The van der Waals surface area contributed by atoms with Crippen molar-refractivity contribution in [3.05, 3.63) is 11.1 Å². The van der Waals surface area contributed by atoms with Crippen molar-refractivity contribution in [3.63, 3.8) is 0 Å². The van der Waals surface area contributed by atoms with E-state index < -0.39 is 7.12 Å². The maximum atomic E-state index is 12.3. The quantitative estimate of drug-likeness (QED) is 0.422. The van der Waals surface area contributed by atoms with Gasteiger partial charge in [-0.1, -0.05) is 19.4 Å². The first-order valence-corrected chi connectivity index (χ1v) is 8.21. The van der Waals surface area contributed by atoms with Crippen molar-refractivity contribution >= 4 is 13.1 Å². The average Bonchev–Trinajstić information content (AvgIpc) is 2.53. The molecule has 1 fully saturated rings. The molecule has 1 aliphatic rings. The molecule has 0 saturated carbocycles. The van der Waals surface area contributed by atoms with E-state index in [9.17, 15) is 4.79 Å². The van der Waals surface area contributed by atoms with Gasteiger partial charge >= 0.3 is 13.1 Å². The van der Waals surface area contributed by atoms with Gasteiger partial charge in [0.25, 0.3) is 0 Å². The zero-order chi connectivity index (χ0) is 17.1. The van der Waals surface area contributed by atoms with Crippen molar-refractivity contribution in [2.24, 2.45) is 5.92 Å². The Morgan fingerprint density at radius 3 is 2.05 bits per heavy atom. The maximum Gasteiger partial charge on any atom is 0.462 e. The normalized spacial score (nSPS) is 21.0. The third kappa shape index (κ3) is 4.59.